The van der Waals surface area contributed by atoms with E-state index in [1.54, 1.807) is 6.20 Å². The maximum absolute atomic E-state index is 5.94. The molecule has 0 spiro atoms. The van der Waals surface area contributed by atoms with E-state index in [1.807, 2.05) is 24.3 Å². The average molecular weight is 242 g/mol. The smallest absolute Gasteiger partial charge is 0.159 e. The Morgan fingerprint density at radius 3 is 2.89 bits per heavy atom. The normalized spacial score (nSPS) is 13.0. The molecular weight excluding hydrogens is 228 g/mol. The highest BCUT2D eigenvalue weighted by molar-refractivity contribution is 5.79. The van der Waals surface area contributed by atoms with Crippen LogP contribution < -0.4 is 11.5 Å². The van der Waals surface area contributed by atoms with E-state index < -0.39 is 0 Å². The Balaban J connectivity index is 2.12. The molecule has 0 fully saturated rings. The van der Waals surface area contributed by atoms with E-state index in [0.29, 0.717) is 12.4 Å². The molecule has 2 aromatic heterocycles. The number of rotatable bonds is 3. The largest absolute Gasteiger partial charge is 0.337 e. The van der Waals surface area contributed by atoms with Crippen LogP contribution in [0.3, 0.4) is 0 Å². The lowest BCUT2D eigenvalue weighted by molar-refractivity contribution is 0.738. The number of H-pyrrole nitrogens is 2. The molecule has 6 heteroatoms. The summed E-state index contributed by atoms with van der Waals surface area (Å²) in [6.45, 7) is 0.368. The first-order valence-corrected chi connectivity index (χ1v) is 5.74. The number of hydrogen-bond acceptors (Lipinski definition) is 4. The van der Waals surface area contributed by atoms with Crippen LogP contribution in [0.5, 0.6) is 0 Å². The van der Waals surface area contributed by atoms with Crippen molar-refractivity contribution in [2.45, 2.75) is 6.04 Å². The Morgan fingerprint density at radius 2 is 2.11 bits per heavy atom. The maximum Gasteiger partial charge on any atom is 0.159 e. The molecule has 3 rings (SSSR count). The molecule has 0 aliphatic heterocycles. The second-order valence-corrected chi connectivity index (χ2v) is 4.13. The number of benzene rings is 1. The summed E-state index contributed by atoms with van der Waals surface area (Å²) in [5, 5.41) is 7.01. The topological polar surface area (TPSA) is 109 Å². The minimum atomic E-state index is -0.244. The van der Waals surface area contributed by atoms with E-state index >= 15 is 0 Å². The zero-order valence-corrected chi connectivity index (χ0v) is 9.72. The lowest BCUT2D eigenvalue weighted by Gasteiger charge is -2.06. The highest BCUT2D eigenvalue weighted by atomic mass is 15.1. The van der Waals surface area contributed by atoms with Crippen molar-refractivity contribution in [2.75, 3.05) is 6.54 Å². The van der Waals surface area contributed by atoms with E-state index in [2.05, 4.69) is 20.2 Å². The Hall–Kier alpha value is -2.18. The lowest BCUT2D eigenvalue weighted by Crippen LogP contribution is -2.20. The summed E-state index contributed by atoms with van der Waals surface area (Å²) in [7, 11) is 0. The maximum atomic E-state index is 5.94. The molecule has 0 aliphatic rings. The quantitative estimate of drug-likeness (QED) is 0.547. The number of aromatic nitrogens is 4. The predicted octanol–water partition coefficient (Wildman–Crippen LogP) is 0.911. The van der Waals surface area contributed by atoms with Gasteiger partial charge in [-0.15, -0.1) is 0 Å². The van der Waals surface area contributed by atoms with Crippen molar-refractivity contribution in [1.82, 2.24) is 20.2 Å². The van der Waals surface area contributed by atoms with Gasteiger partial charge in [0.1, 0.15) is 5.69 Å². The molecule has 1 aromatic carbocycles. The van der Waals surface area contributed by atoms with Crippen molar-refractivity contribution in [3.8, 4) is 11.5 Å². The van der Waals surface area contributed by atoms with Gasteiger partial charge in [0.15, 0.2) is 5.82 Å². The fourth-order valence-corrected chi connectivity index (χ4v) is 1.96. The van der Waals surface area contributed by atoms with Crippen LogP contribution >= 0.6 is 0 Å². The fraction of sp³-hybridized carbons (Fsp3) is 0.167. The van der Waals surface area contributed by atoms with Gasteiger partial charge >= 0.3 is 0 Å². The number of para-hydroxylation sites is 2. The first-order chi connectivity index (χ1) is 8.79. The zero-order chi connectivity index (χ0) is 12.5. The molecule has 0 bridgehead atoms. The highest BCUT2D eigenvalue weighted by Gasteiger charge is 2.16. The molecule has 6 N–H and O–H groups in total. The number of nitrogens with two attached hydrogens (primary N) is 2. The van der Waals surface area contributed by atoms with Crippen LogP contribution in [0.15, 0.2) is 30.5 Å². The van der Waals surface area contributed by atoms with E-state index in [9.17, 15) is 0 Å². The summed E-state index contributed by atoms with van der Waals surface area (Å²) < 4.78 is 0. The average Bonchev–Trinajstić information content (AvgIpc) is 3.03. The van der Waals surface area contributed by atoms with Gasteiger partial charge in [0.2, 0.25) is 0 Å². The first-order valence-electron chi connectivity index (χ1n) is 5.74. The summed E-state index contributed by atoms with van der Waals surface area (Å²) in [6, 6.07) is 7.59. The van der Waals surface area contributed by atoms with Gasteiger partial charge in [-0.3, -0.25) is 5.10 Å². The summed E-state index contributed by atoms with van der Waals surface area (Å²) >= 11 is 0. The molecule has 0 saturated heterocycles. The molecule has 0 radical (unpaired) electrons. The van der Waals surface area contributed by atoms with E-state index in [0.717, 1.165) is 22.3 Å². The molecule has 3 aromatic rings. The third-order valence-corrected chi connectivity index (χ3v) is 2.94. The third kappa shape index (κ3) is 1.68. The molecule has 18 heavy (non-hydrogen) atoms. The molecule has 1 unspecified atom stereocenters. The van der Waals surface area contributed by atoms with Gasteiger partial charge in [-0.05, 0) is 12.1 Å². The minimum Gasteiger partial charge on any atom is -0.337 e. The number of imidazole rings is 1. The molecule has 2 heterocycles. The monoisotopic (exact) mass is 242 g/mol. The fourth-order valence-electron chi connectivity index (χ4n) is 1.96. The first kappa shape index (κ1) is 10.9. The van der Waals surface area contributed by atoms with Gasteiger partial charge in [0, 0.05) is 24.3 Å². The van der Waals surface area contributed by atoms with Crippen LogP contribution in [-0.4, -0.2) is 26.7 Å². The third-order valence-electron chi connectivity index (χ3n) is 2.94. The SMILES string of the molecule is NCC(N)c1c[nH]nc1-c1nc2ccccc2[nH]1. The van der Waals surface area contributed by atoms with Crippen LogP contribution in [0.2, 0.25) is 0 Å². The van der Waals surface area contributed by atoms with Crippen LogP contribution in [0.1, 0.15) is 11.6 Å². The second kappa shape index (κ2) is 4.25. The van der Waals surface area contributed by atoms with Crippen LogP contribution in [0.4, 0.5) is 0 Å². The van der Waals surface area contributed by atoms with Crippen molar-refractivity contribution in [2.24, 2.45) is 11.5 Å². The predicted molar refractivity (Wildman–Crippen MR) is 69.7 cm³/mol. The van der Waals surface area contributed by atoms with Crippen molar-refractivity contribution in [3.05, 3.63) is 36.0 Å². The van der Waals surface area contributed by atoms with E-state index in [4.69, 9.17) is 11.5 Å². The van der Waals surface area contributed by atoms with Gasteiger partial charge in [0.25, 0.3) is 0 Å². The Morgan fingerprint density at radius 1 is 1.28 bits per heavy atom. The Kier molecular flexibility index (Phi) is 2.58. The number of aromatic amines is 2. The van der Waals surface area contributed by atoms with Crippen LogP contribution in [0, 0.1) is 0 Å². The molecular formula is C12H14N6. The zero-order valence-electron chi connectivity index (χ0n) is 9.72. The molecule has 1 atom stereocenters. The number of nitrogens with one attached hydrogen (secondary N) is 2. The summed E-state index contributed by atoms with van der Waals surface area (Å²) in [6.07, 6.45) is 1.76. The minimum absolute atomic E-state index is 0.244. The molecule has 0 aliphatic carbocycles. The van der Waals surface area contributed by atoms with Gasteiger partial charge in [0.05, 0.1) is 11.0 Å². The Labute approximate surface area is 103 Å². The lowest BCUT2D eigenvalue weighted by atomic mass is 10.1. The summed E-state index contributed by atoms with van der Waals surface area (Å²) in [5.41, 5.74) is 15.0. The molecule has 0 saturated carbocycles. The number of fused-ring (bicyclic) bond motifs is 1. The van der Waals surface area contributed by atoms with Gasteiger partial charge in [-0.25, -0.2) is 4.98 Å². The number of hydrogen-bond donors (Lipinski definition) is 4. The van der Waals surface area contributed by atoms with Gasteiger partial charge < -0.3 is 16.5 Å². The standard InChI is InChI=1S/C12H14N6/c13-5-8(14)7-6-15-18-11(7)12-16-9-3-1-2-4-10(9)17-12/h1-4,6,8H,5,13-14H2,(H,15,18)(H,16,17). The van der Waals surface area contributed by atoms with Crippen molar-refractivity contribution >= 4 is 11.0 Å². The van der Waals surface area contributed by atoms with Crippen molar-refractivity contribution in [3.63, 3.8) is 0 Å². The van der Waals surface area contributed by atoms with Crippen LogP contribution in [-0.2, 0) is 0 Å². The van der Waals surface area contributed by atoms with E-state index in [1.165, 1.54) is 0 Å². The molecule has 0 amide bonds. The highest BCUT2D eigenvalue weighted by Crippen LogP contribution is 2.24. The van der Waals surface area contributed by atoms with Crippen LogP contribution in [0.25, 0.3) is 22.6 Å². The second-order valence-electron chi connectivity index (χ2n) is 4.13. The number of nitrogens with zero attached hydrogens (tertiary/aromatic N) is 2. The van der Waals surface area contributed by atoms with Gasteiger partial charge in [-0.2, -0.15) is 5.10 Å². The summed E-state index contributed by atoms with van der Waals surface area (Å²) in [4.78, 5) is 7.73. The summed E-state index contributed by atoms with van der Waals surface area (Å²) in [5.74, 6) is 0.705. The van der Waals surface area contributed by atoms with Crippen molar-refractivity contribution < 1.29 is 0 Å². The molecule has 6 nitrogen and oxygen atoms in total. The molecule has 92 valence electrons. The van der Waals surface area contributed by atoms with Crippen molar-refractivity contribution in [1.29, 1.82) is 0 Å². The van der Waals surface area contributed by atoms with E-state index in [-0.39, 0.29) is 6.04 Å². The van der Waals surface area contributed by atoms with Gasteiger partial charge in [-0.1, -0.05) is 12.1 Å². The Bertz CT molecular complexity index is 635.